The van der Waals surface area contributed by atoms with Gasteiger partial charge in [0.25, 0.3) is 0 Å². The van der Waals surface area contributed by atoms with Gasteiger partial charge in [0.1, 0.15) is 5.69 Å². The van der Waals surface area contributed by atoms with E-state index in [1.54, 1.807) is 24.3 Å². The monoisotopic (exact) mass is 372 g/mol. The fraction of sp³-hybridized carbons (Fsp3) is 0.143. The third-order valence-electron chi connectivity index (χ3n) is 2.81. The average molecular weight is 373 g/mol. The quantitative estimate of drug-likeness (QED) is 0.496. The molecule has 2 aromatic heterocycles. The number of aromatic nitrogens is 4. The number of thioether (sulfide) groups is 1. The molecule has 2 heterocycles. The molecule has 124 valence electrons. The van der Waals surface area contributed by atoms with E-state index in [1.165, 1.54) is 0 Å². The Morgan fingerprint density at radius 3 is 2.54 bits per heavy atom. The van der Waals surface area contributed by atoms with Crippen LogP contribution in [0, 0.1) is 0 Å². The first kappa shape index (κ1) is 16.7. The minimum absolute atomic E-state index is 0.0175. The lowest BCUT2D eigenvalue weighted by Crippen LogP contribution is -2.08. The predicted octanol–water partition coefficient (Wildman–Crippen LogP) is 4.49. The Kier molecular flexibility index (Phi) is 4.72. The SMILES string of the molecule is FC(F)(F)c1ccnc(SCc2nnc(-c3ccc(Cl)cc3)o2)n1. The van der Waals surface area contributed by atoms with Crippen molar-refractivity contribution < 1.29 is 17.6 Å². The lowest BCUT2D eigenvalue weighted by atomic mass is 10.2. The number of hydrogen-bond acceptors (Lipinski definition) is 6. The van der Waals surface area contributed by atoms with Gasteiger partial charge in [0, 0.05) is 16.8 Å². The van der Waals surface area contributed by atoms with Crippen molar-refractivity contribution in [3.05, 3.63) is 53.1 Å². The van der Waals surface area contributed by atoms with Crippen LogP contribution >= 0.6 is 23.4 Å². The van der Waals surface area contributed by atoms with E-state index in [-0.39, 0.29) is 16.8 Å². The Morgan fingerprint density at radius 1 is 1.08 bits per heavy atom. The van der Waals surface area contributed by atoms with Crippen LogP contribution in [0.2, 0.25) is 5.02 Å². The first-order chi connectivity index (χ1) is 11.4. The van der Waals surface area contributed by atoms with Crippen molar-refractivity contribution in [3.8, 4) is 11.5 Å². The van der Waals surface area contributed by atoms with Crippen molar-refractivity contribution in [1.29, 1.82) is 0 Å². The Balaban J connectivity index is 1.69. The summed E-state index contributed by atoms with van der Waals surface area (Å²) in [5, 5.41) is 8.31. The maximum absolute atomic E-state index is 12.6. The number of hydrogen-bond donors (Lipinski definition) is 0. The van der Waals surface area contributed by atoms with Crippen LogP contribution in [0.1, 0.15) is 11.6 Å². The summed E-state index contributed by atoms with van der Waals surface area (Å²) in [6.45, 7) is 0. The van der Waals surface area contributed by atoms with E-state index >= 15 is 0 Å². The predicted molar refractivity (Wildman–Crippen MR) is 81.3 cm³/mol. The highest BCUT2D eigenvalue weighted by molar-refractivity contribution is 7.98. The Bertz CT molecular complexity index is 839. The van der Waals surface area contributed by atoms with E-state index in [1.807, 2.05) is 0 Å². The topological polar surface area (TPSA) is 64.7 Å². The molecular weight excluding hydrogens is 365 g/mol. The van der Waals surface area contributed by atoms with Gasteiger partial charge >= 0.3 is 6.18 Å². The fourth-order valence-corrected chi connectivity index (χ4v) is 2.51. The molecule has 0 saturated carbocycles. The van der Waals surface area contributed by atoms with Gasteiger partial charge < -0.3 is 4.42 Å². The Hall–Kier alpha value is -2.13. The molecule has 0 spiro atoms. The molecule has 0 N–H and O–H groups in total. The molecule has 0 aliphatic rings. The lowest BCUT2D eigenvalue weighted by molar-refractivity contribution is -0.141. The summed E-state index contributed by atoms with van der Waals surface area (Å²) in [7, 11) is 0. The van der Waals surface area contributed by atoms with Crippen LogP contribution in [-0.4, -0.2) is 20.2 Å². The molecule has 3 rings (SSSR count). The maximum atomic E-state index is 12.6. The molecule has 0 atom stereocenters. The van der Waals surface area contributed by atoms with Crippen LogP contribution in [0.3, 0.4) is 0 Å². The highest BCUT2D eigenvalue weighted by Gasteiger charge is 2.32. The molecule has 24 heavy (non-hydrogen) atoms. The second-order valence-corrected chi connectivity index (χ2v) is 5.90. The molecule has 0 fully saturated rings. The van der Waals surface area contributed by atoms with Crippen molar-refractivity contribution in [2.45, 2.75) is 17.1 Å². The van der Waals surface area contributed by atoms with Crippen LogP contribution < -0.4 is 0 Å². The minimum Gasteiger partial charge on any atom is -0.420 e. The van der Waals surface area contributed by atoms with Crippen LogP contribution in [-0.2, 0) is 11.9 Å². The molecule has 0 bridgehead atoms. The minimum atomic E-state index is -4.51. The molecule has 3 aromatic rings. The second-order valence-electron chi connectivity index (χ2n) is 4.52. The third kappa shape index (κ3) is 4.04. The first-order valence-corrected chi connectivity index (χ1v) is 7.89. The molecule has 0 saturated heterocycles. The third-order valence-corrected chi connectivity index (χ3v) is 3.90. The lowest BCUT2D eigenvalue weighted by Gasteiger charge is -2.05. The van der Waals surface area contributed by atoms with E-state index in [9.17, 15) is 13.2 Å². The summed E-state index contributed by atoms with van der Waals surface area (Å²) in [5.41, 5.74) is -0.300. The van der Waals surface area contributed by atoms with Gasteiger partial charge in [-0.2, -0.15) is 13.2 Å². The van der Waals surface area contributed by atoms with E-state index in [0.29, 0.717) is 16.5 Å². The summed E-state index contributed by atoms with van der Waals surface area (Å²) in [6, 6.07) is 7.64. The number of benzene rings is 1. The van der Waals surface area contributed by atoms with Gasteiger partial charge in [-0.05, 0) is 30.3 Å². The molecule has 10 heteroatoms. The highest BCUT2D eigenvalue weighted by Crippen LogP contribution is 2.29. The Morgan fingerprint density at radius 2 is 1.83 bits per heavy atom. The average Bonchev–Trinajstić information content (AvgIpc) is 3.02. The molecule has 0 aliphatic heterocycles. The summed E-state index contributed by atoms with van der Waals surface area (Å²) in [5.74, 6) is 0.709. The number of halogens is 4. The van der Waals surface area contributed by atoms with Crippen molar-refractivity contribution in [1.82, 2.24) is 20.2 Å². The molecule has 0 radical (unpaired) electrons. The van der Waals surface area contributed by atoms with Gasteiger partial charge in [0.2, 0.25) is 11.8 Å². The van der Waals surface area contributed by atoms with Gasteiger partial charge in [-0.15, -0.1) is 10.2 Å². The molecule has 5 nitrogen and oxygen atoms in total. The fourth-order valence-electron chi connectivity index (χ4n) is 1.72. The van der Waals surface area contributed by atoms with Crippen LogP contribution in [0.4, 0.5) is 13.2 Å². The summed E-state index contributed by atoms with van der Waals surface area (Å²) < 4.78 is 43.3. The standard InChI is InChI=1S/C14H8ClF3N4OS/c15-9-3-1-8(2-4-9)12-22-21-11(23-12)7-24-13-19-6-5-10(20-13)14(16,17)18/h1-6H,7H2. The summed E-state index contributed by atoms with van der Waals surface area (Å²) in [4.78, 5) is 7.25. The van der Waals surface area contributed by atoms with Gasteiger partial charge in [-0.3, -0.25) is 0 Å². The van der Waals surface area contributed by atoms with E-state index in [2.05, 4.69) is 20.2 Å². The normalized spacial score (nSPS) is 11.7. The van der Waals surface area contributed by atoms with E-state index in [0.717, 1.165) is 24.0 Å². The molecule has 1 aromatic carbocycles. The van der Waals surface area contributed by atoms with Gasteiger partial charge in [0.15, 0.2) is 5.16 Å². The van der Waals surface area contributed by atoms with Crippen LogP contribution in [0.15, 0.2) is 46.1 Å². The molecular formula is C14H8ClF3N4OS. The van der Waals surface area contributed by atoms with E-state index in [4.69, 9.17) is 16.0 Å². The zero-order chi connectivity index (χ0) is 17.2. The van der Waals surface area contributed by atoms with Gasteiger partial charge in [0.05, 0.1) is 5.75 Å². The smallest absolute Gasteiger partial charge is 0.420 e. The Labute approximate surface area is 143 Å². The van der Waals surface area contributed by atoms with Crippen molar-refractivity contribution in [3.63, 3.8) is 0 Å². The van der Waals surface area contributed by atoms with Crippen LogP contribution in [0.25, 0.3) is 11.5 Å². The van der Waals surface area contributed by atoms with E-state index < -0.39 is 11.9 Å². The second kappa shape index (κ2) is 6.78. The number of nitrogens with zero attached hydrogens (tertiary/aromatic N) is 4. The molecule has 0 aliphatic carbocycles. The van der Waals surface area contributed by atoms with Crippen molar-refractivity contribution in [2.24, 2.45) is 0 Å². The number of rotatable bonds is 4. The van der Waals surface area contributed by atoms with Crippen molar-refractivity contribution >= 4 is 23.4 Å². The summed E-state index contributed by atoms with van der Waals surface area (Å²) >= 11 is 6.78. The highest BCUT2D eigenvalue weighted by atomic mass is 35.5. The van der Waals surface area contributed by atoms with Crippen LogP contribution in [0.5, 0.6) is 0 Å². The largest absolute Gasteiger partial charge is 0.433 e. The molecule has 0 unspecified atom stereocenters. The molecule has 0 amide bonds. The van der Waals surface area contributed by atoms with Gasteiger partial charge in [-0.1, -0.05) is 23.4 Å². The zero-order valence-corrected chi connectivity index (χ0v) is 13.4. The number of alkyl halides is 3. The van der Waals surface area contributed by atoms with Gasteiger partial charge in [-0.25, -0.2) is 9.97 Å². The summed E-state index contributed by atoms with van der Waals surface area (Å²) in [6.07, 6.45) is -3.45. The maximum Gasteiger partial charge on any atom is 0.433 e. The van der Waals surface area contributed by atoms with Crippen molar-refractivity contribution in [2.75, 3.05) is 0 Å². The first-order valence-electron chi connectivity index (χ1n) is 6.53. The zero-order valence-electron chi connectivity index (χ0n) is 11.8.